The van der Waals surface area contributed by atoms with Crippen molar-refractivity contribution in [2.24, 2.45) is 0 Å². The van der Waals surface area contributed by atoms with E-state index in [4.69, 9.17) is 5.26 Å². The molecule has 1 saturated heterocycles. The standard InChI is InChI=1S/C18H23N3O2S/c1-4-5-14(2)12-21-9-8-17(13-21)20-24(22,23)18-10-16(11-19)7-6-15(18)3/h4-7,10,17,20H,2,8-9,12-13H2,1,3H3. The smallest absolute Gasteiger partial charge is 0.241 e. The van der Waals surface area contributed by atoms with Crippen molar-refractivity contribution in [3.63, 3.8) is 0 Å². The molecular formula is C18H23N3O2S. The van der Waals surface area contributed by atoms with Crippen LogP contribution in [0.25, 0.3) is 0 Å². The van der Waals surface area contributed by atoms with E-state index in [1.54, 1.807) is 19.1 Å². The molecule has 6 heteroatoms. The fourth-order valence-electron chi connectivity index (χ4n) is 2.89. The van der Waals surface area contributed by atoms with Gasteiger partial charge in [-0.15, -0.1) is 0 Å². The number of hydrogen-bond donors (Lipinski definition) is 1. The normalized spacial score (nSPS) is 18.8. The van der Waals surface area contributed by atoms with Crippen molar-refractivity contribution >= 4 is 10.0 Å². The minimum Gasteiger partial charge on any atom is -0.297 e. The molecule has 0 spiro atoms. The number of hydrogen-bond acceptors (Lipinski definition) is 4. The summed E-state index contributed by atoms with van der Waals surface area (Å²) in [7, 11) is -3.63. The second-order valence-corrected chi connectivity index (χ2v) is 7.77. The molecule has 1 aliphatic heterocycles. The molecule has 5 nitrogen and oxygen atoms in total. The van der Waals surface area contributed by atoms with E-state index in [0.717, 1.165) is 25.1 Å². The van der Waals surface area contributed by atoms with Crippen LogP contribution >= 0.6 is 0 Å². The van der Waals surface area contributed by atoms with Crippen molar-refractivity contribution in [1.82, 2.24) is 9.62 Å². The number of sulfonamides is 1. The quantitative estimate of drug-likeness (QED) is 0.803. The Hall–Kier alpha value is -1.94. The largest absolute Gasteiger partial charge is 0.297 e. The van der Waals surface area contributed by atoms with Gasteiger partial charge in [-0.3, -0.25) is 4.90 Å². The third-order valence-electron chi connectivity index (χ3n) is 4.03. The maximum Gasteiger partial charge on any atom is 0.241 e. The Bertz CT molecular complexity index is 791. The summed E-state index contributed by atoms with van der Waals surface area (Å²) in [5.74, 6) is 0. The Kier molecular flexibility index (Phi) is 5.94. The number of benzene rings is 1. The second kappa shape index (κ2) is 7.75. The van der Waals surface area contributed by atoms with Crippen molar-refractivity contribution in [1.29, 1.82) is 5.26 Å². The zero-order valence-corrected chi connectivity index (χ0v) is 14.9. The highest BCUT2D eigenvalue weighted by molar-refractivity contribution is 7.89. The molecule has 1 aromatic carbocycles. The Morgan fingerprint density at radius 3 is 2.96 bits per heavy atom. The minimum atomic E-state index is -3.63. The molecule has 1 heterocycles. The average molecular weight is 345 g/mol. The Labute approximate surface area is 144 Å². The summed E-state index contributed by atoms with van der Waals surface area (Å²) < 4.78 is 28.1. The first-order chi connectivity index (χ1) is 11.4. The SMILES string of the molecule is C=C(C=CC)CN1CCC(NS(=O)(=O)c2cc(C#N)ccc2C)C1. The molecule has 1 atom stereocenters. The van der Waals surface area contributed by atoms with Crippen LogP contribution in [0.15, 0.2) is 47.4 Å². The second-order valence-electron chi connectivity index (χ2n) is 6.09. The molecule has 2 rings (SSSR count). The molecule has 0 bridgehead atoms. The van der Waals surface area contributed by atoms with Gasteiger partial charge in [-0.25, -0.2) is 13.1 Å². The van der Waals surface area contributed by atoms with Gasteiger partial charge in [0.2, 0.25) is 10.0 Å². The lowest BCUT2D eigenvalue weighted by molar-refractivity contribution is 0.363. The topological polar surface area (TPSA) is 73.2 Å². The van der Waals surface area contributed by atoms with E-state index >= 15 is 0 Å². The third kappa shape index (κ3) is 4.54. The number of allylic oxidation sites excluding steroid dienone is 1. The lowest BCUT2D eigenvalue weighted by Gasteiger charge is -2.17. The number of nitriles is 1. The monoisotopic (exact) mass is 345 g/mol. The summed E-state index contributed by atoms with van der Waals surface area (Å²) >= 11 is 0. The van der Waals surface area contributed by atoms with Gasteiger partial charge in [0.15, 0.2) is 0 Å². The number of nitrogens with zero attached hydrogens (tertiary/aromatic N) is 2. The summed E-state index contributed by atoms with van der Waals surface area (Å²) in [6.07, 6.45) is 4.68. The molecule has 0 aromatic heterocycles. The Morgan fingerprint density at radius 2 is 2.29 bits per heavy atom. The van der Waals surface area contributed by atoms with E-state index in [2.05, 4.69) is 16.2 Å². The highest BCUT2D eigenvalue weighted by Crippen LogP contribution is 2.19. The highest BCUT2D eigenvalue weighted by atomic mass is 32.2. The van der Waals surface area contributed by atoms with Gasteiger partial charge in [0, 0.05) is 25.7 Å². The average Bonchev–Trinajstić information content (AvgIpc) is 2.94. The molecule has 0 saturated carbocycles. The van der Waals surface area contributed by atoms with Crippen molar-refractivity contribution in [2.75, 3.05) is 19.6 Å². The van der Waals surface area contributed by atoms with Crippen LogP contribution in [0, 0.1) is 18.3 Å². The van der Waals surface area contributed by atoms with E-state index in [0.29, 0.717) is 17.7 Å². The highest BCUT2D eigenvalue weighted by Gasteiger charge is 2.28. The summed E-state index contributed by atoms with van der Waals surface area (Å²) in [6.45, 7) is 9.91. The third-order valence-corrected chi connectivity index (χ3v) is 5.69. The minimum absolute atomic E-state index is 0.126. The lowest BCUT2D eigenvalue weighted by atomic mass is 10.2. The van der Waals surface area contributed by atoms with Gasteiger partial charge in [0.1, 0.15) is 0 Å². The van der Waals surface area contributed by atoms with Crippen LogP contribution in [0.5, 0.6) is 0 Å². The van der Waals surface area contributed by atoms with Gasteiger partial charge >= 0.3 is 0 Å². The molecule has 1 aromatic rings. The predicted octanol–water partition coefficient (Wildman–Crippen LogP) is 2.35. The summed E-state index contributed by atoms with van der Waals surface area (Å²) in [5, 5.41) is 8.98. The number of rotatable bonds is 6. The molecule has 1 aliphatic rings. The van der Waals surface area contributed by atoms with E-state index in [1.807, 2.05) is 25.1 Å². The first-order valence-corrected chi connectivity index (χ1v) is 9.40. The molecule has 24 heavy (non-hydrogen) atoms. The summed E-state index contributed by atoms with van der Waals surface area (Å²) in [6, 6.07) is 6.57. The van der Waals surface area contributed by atoms with Crippen LogP contribution < -0.4 is 4.72 Å². The van der Waals surface area contributed by atoms with Gasteiger partial charge in [-0.2, -0.15) is 5.26 Å². The van der Waals surface area contributed by atoms with Gasteiger partial charge in [0.25, 0.3) is 0 Å². The maximum atomic E-state index is 12.6. The molecule has 128 valence electrons. The zero-order valence-electron chi connectivity index (χ0n) is 14.1. The van der Waals surface area contributed by atoms with Crippen LogP contribution in [0.3, 0.4) is 0 Å². The number of likely N-dealkylation sites (tertiary alicyclic amines) is 1. The maximum absolute atomic E-state index is 12.6. The van der Waals surface area contributed by atoms with Crippen molar-refractivity contribution in [3.05, 3.63) is 53.6 Å². The molecule has 1 N–H and O–H groups in total. The summed E-state index contributed by atoms with van der Waals surface area (Å²) in [5.41, 5.74) is 1.99. The molecule has 1 unspecified atom stereocenters. The predicted molar refractivity (Wildman–Crippen MR) is 95.0 cm³/mol. The van der Waals surface area contributed by atoms with Crippen molar-refractivity contribution < 1.29 is 8.42 Å². The Balaban J connectivity index is 2.06. The van der Waals surface area contributed by atoms with Crippen LogP contribution in [-0.2, 0) is 10.0 Å². The van der Waals surface area contributed by atoms with E-state index in [9.17, 15) is 8.42 Å². The number of nitrogens with one attached hydrogen (secondary N) is 1. The number of aryl methyl sites for hydroxylation is 1. The lowest BCUT2D eigenvalue weighted by Crippen LogP contribution is -2.37. The molecule has 0 aliphatic carbocycles. The zero-order chi connectivity index (χ0) is 17.7. The molecule has 0 amide bonds. The van der Waals surface area contributed by atoms with Crippen LogP contribution in [0.4, 0.5) is 0 Å². The van der Waals surface area contributed by atoms with E-state index in [1.165, 1.54) is 6.07 Å². The van der Waals surface area contributed by atoms with Crippen molar-refractivity contribution in [3.8, 4) is 6.07 Å². The van der Waals surface area contributed by atoms with E-state index in [-0.39, 0.29) is 10.9 Å². The van der Waals surface area contributed by atoms with Crippen LogP contribution in [0.2, 0.25) is 0 Å². The fraction of sp³-hybridized carbons (Fsp3) is 0.389. The first kappa shape index (κ1) is 18.4. The fourth-order valence-corrected chi connectivity index (χ4v) is 4.42. The Morgan fingerprint density at radius 1 is 1.54 bits per heavy atom. The van der Waals surface area contributed by atoms with E-state index < -0.39 is 10.0 Å². The molecule has 1 fully saturated rings. The van der Waals surface area contributed by atoms with Crippen LogP contribution in [0.1, 0.15) is 24.5 Å². The van der Waals surface area contributed by atoms with Gasteiger partial charge in [-0.1, -0.05) is 24.8 Å². The van der Waals surface area contributed by atoms with Gasteiger partial charge < -0.3 is 0 Å². The van der Waals surface area contributed by atoms with Crippen LogP contribution in [-0.4, -0.2) is 39.0 Å². The van der Waals surface area contributed by atoms with Crippen molar-refractivity contribution in [2.45, 2.75) is 31.2 Å². The summed E-state index contributed by atoms with van der Waals surface area (Å²) in [4.78, 5) is 2.37. The van der Waals surface area contributed by atoms with Gasteiger partial charge in [-0.05, 0) is 43.5 Å². The molecular weight excluding hydrogens is 322 g/mol. The first-order valence-electron chi connectivity index (χ1n) is 7.91. The molecule has 0 radical (unpaired) electrons. The van der Waals surface area contributed by atoms with Gasteiger partial charge in [0.05, 0.1) is 16.5 Å².